The van der Waals surface area contributed by atoms with Gasteiger partial charge in [-0.3, -0.25) is 5.41 Å². The first-order valence-electron chi connectivity index (χ1n) is 10.2. The zero-order valence-corrected chi connectivity index (χ0v) is 18.3. The Hall–Kier alpha value is -3.41. The minimum atomic E-state index is -4.79. The lowest BCUT2D eigenvalue weighted by molar-refractivity contribution is -0.275. The standard InChI is InChI=1S/C22H22F5N5O2/c1-8-13(9-4-5-10(23)15(24)17(9)33-3)18(34-21(8,2)22(25,26)27)20-31-12-7-6-11(28)14(19(29)30)16(12)32-20/h4-8,13,18H,28H2,1-3H3,(H3,29,30)(H,31,32)/t8-,13-,18+,21+/m0/s1. The number of anilines is 1. The van der Waals surface area contributed by atoms with Crippen molar-refractivity contribution in [3.8, 4) is 5.75 Å². The second-order valence-electron chi connectivity index (χ2n) is 8.40. The number of hydrogen-bond donors (Lipinski definition) is 4. The molecule has 4 atom stereocenters. The molecule has 182 valence electrons. The van der Waals surface area contributed by atoms with Crippen molar-refractivity contribution < 1.29 is 31.4 Å². The SMILES string of the molecule is COc1c([C@H]2[C@H](c3nc4c(C(=N)N)c(N)ccc4[nH]3)O[C@@](C)(C(F)(F)F)[C@H]2C)ccc(F)c1F. The van der Waals surface area contributed by atoms with Crippen molar-refractivity contribution in [2.75, 3.05) is 12.8 Å². The van der Waals surface area contributed by atoms with Crippen molar-refractivity contribution in [1.82, 2.24) is 9.97 Å². The fourth-order valence-electron chi connectivity index (χ4n) is 4.58. The van der Waals surface area contributed by atoms with Gasteiger partial charge in [0.05, 0.1) is 18.2 Å². The number of nitrogens with one attached hydrogen (secondary N) is 2. The maximum absolute atomic E-state index is 14.5. The first-order chi connectivity index (χ1) is 15.8. The van der Waals surface area contributed by atoms with Crippen LogP contribution in [0, 0.1) is 23.0 Å². The predicted molar refractivity (Wildman–Crippen MR) is 115 cm³/mol. The molecular weight excluding hydrogens is 461 g/mol. The number of fused-ring (bicyclic) bond motifs is 1. The Balaban J connectivity index is 1.96. The average molecular weight is 483 g/mol. The second-order valence-corrected chi connectivity index (χ2v) is 8.40. The molecule has 6 N–H and O–H groups in total. The smallest absolute Gasteiger partial charge is 0.417 e. The van der Waals surface area contributed by atoms with Crippen LogP contribution in [0.5, 0.6) is 5.75 Å². The topological polar surface area (TPSA) is 123 Å². The molecule has 1 aromatic heterocycles. The van der Waals surface area contributed by atoms with Crippen LogP contribution in [-0.4, -0.2) is 34.7 Å². The highest BCUT2D eigenvalue weighted by Gasteiger charge is 2.65. The van der Waals surface area contributed by atoms with E-state index in [2.05, 4.69) is 9.97 Å². The van der Waals surface area contributed by atoms with Gasteiger partial charge in [-0.25, -0.2) is 9.37 Å². The molecule has 0 radical (unpaired) electrons. The third-order valence-corrected chi connectivity index (χ3v) is 6.56. The third kappa shape index (κ3) is 3.35. The molecule has 0 saturated carbocycles. The molecule has 0 bridgehead atoms. The molecule has 1 saturated heterocycles. The van der Waals surface area contributed by atoms with E-state index in [1.165, 1.54) is 19.1 Å². The lowest BCUT2D eigenvalue weighted by Crippen LogP contribution is -2.46. The summed E-state index contributed by atoms with van der Waals surface area (Å²) in [5, 5.41) is 7.80. The number of nitrogen functional groups attached to an aromatic ring is 2. The van der Waals surface area contributed by atoms with Gasteiger partial charge in [-0.2, -0.15) is 17.6 Å². The van der Waals surface area contributed by atoms with E-state index in [0.29, 0.717) is 5.52 Å². The van der Waals surface area contributed by atoms with E-state index in [-0.39, 0.29) is 34.0 Å². The number of nitrogens with two attached hydrogens (primary N) is 2. The summed E-state index contributed by atoms with van der Waals surface area (Å²) in [5.74, 6) is -5.80. The van der Waals surface area contributed by atoms with Crippen molar-refractivity contribution in [2.45, 2.75) is 37.6 Å². The maximum Gasteiger partial charge on any atom is 0.417 e. The molecule has 1 aliphatic heterocycles. The number of imidazole rings is 1. The molecule has 2 heterocycles. The largest absolute Gasteiger partial charge is 0.493 e. The number of aromatic nitrogens is 2. The minimum Gasteiger partial charge on any atom is -0.493 e. The third-order valence-electron chi connectivity index (χ3n) is 6.56. The summed E-state index contributed by atoms with van der Waals surface area (Å²) in [7, 11) is 1.10. The molecule has 34 heavy (non-hydrogen) atoms. The Bertz CT molecular complexity index is 1290. The van der Waals surface area contributed by atoms with Crippen LogP contribution in [0.4, 0.5) is 27.6 Å². The van der Waals surface area contributed by atoms with Gasteiger partial charge in [0.1, 0.15) is 23.3 Å². The number of hydrogen-bond acceptors (Lipinski definition) is 5. The lowest BCUT2D eigenvalue weighted by Gasteiger charge is -2.32. The number of ether oxygens (including phenoxy) is 2. The molecule has 0 aliphatic carbocycles. The highest BCUT2D eigenvalue weighted by molar-refractivity contribution is 6.09. The van der Waals surface area contributed by atoms with E-state index in [1.807, 2.05) is 0 Å². The molecular formula is C22H22F5N5O2. The van der Waals surface area contributed by atoms with Crippen LogP contribution in [0.3, 0.4) is 0 Å². The molecule has 4 rings (SSSR count). The monoisotopic (exact) mass is 483 g/mol. The van der Waals surface area contributed by atoms with E-state index >= 15 is 0 Å². The van der Waals surface area contributed by atoms with Gasteiger partial charge in [0.15, 0.2) is 17.2 Å². The van der Waals surface area contributed by atoms with Crippen molar-refractivity contribution in [3.05, 3.63) is 52.9 Å². The second kappa shape index (κ2) is 7.83. The van der Waals surface area contributed by atoms with E-state index in [4.69, 9.17) is 26.4 Å². The molecule has 3 aromatic rings. The number of H-pyrrole nitrogens is 1. The van der Waals surface area contributed by atoms with E-state index in [1.54, 1.807) is 6.07 Å². The molecule has 0 amide bonds. The average Bonchev–Trinajstić information content (AvgIpc) is 3.29. The van der Waals surface area contributed by atoms with Crippen molar-refractivity contribution >= 4 is 22.6 Å². The number of amidine groups is 1. The van der Waals surface area contributed by atoms with Gasteiger partial charge in [-0.15, -0.1) is 0 Å². The zero-order valence-electron chi connectivity index (χ0n) is 18.3. The van der Waals surface area contributed by atoms with Crippen LogP contribution >= 0.6 is 0 Å². The van der Waals surface area contributed by atoms with Crippen LogP contribution in [0.25, 0.3) is 11.0 Å². The van der Waals surface area contributed by atoms with Gasteiger partial charge in [0.25, 0.3) is 0 Å². The summed E-state index contributed by atoms with van der Waals surface area (Å²) in [6, 6.07) is 5.03. The van der Waals surface area contributed by atoms with Crippen molar-refractivity contribution in [3.63, 3.8) is 0 Å². The highest BCUT2D eigenvalue weighted by Crippen LogP contribution is 2.59. The quantitative estimate of drug-likeness (QED) is 0.188. The molecule has 2 aromatic carbocycles. The Morgan fingerprint density at radius 3 is 2.50 bits per heavy atom. The fraction of sp³-hybridized carbons (Fsp3) is 0.364. The Kier molecular flexibility index (Phi) is 5.46. The van der Waals surface area contributed by atoms with E-state index < -0.39 is 47.1 Å². The molecule has 1 fully saturated rings. The van der Waals surface area contributed by atoms with Crippen molar-refractivity contribution in [2.24, 2.45) is 11.7 Å². The summed E-state index contributed by atoms with van der Waals surface area (Å²) in [4.78, 5) is 7.29. The highest BCUT2D eigenvalue weighted by atomic mass is 19.4. The van der Waals surface area contributed by atoms with Gasteiger partial charge in [0, 0.05) is 23.1 Å². The molecule has 0 spiro atoms. The number of rotatable bonds is 4. The van der Waals surface area contributed by atoms with Gasteiger partial charge < -0.3 is 25.9 Å². The van der Waals surface area contributed by atoms with Gasteiger partial charge in [-0.1, -0.05) is 13.0 Å². The van der Waals surface area contributed by atoms with E-state index in [0.717, 1.165) is 20.1 Å². The van der Waals surface area contributed by atoms with Crippen LogP contribution in [-0.2, 0) is 4.74 Å². The first-order valence-corrected chi connectivity index (χ1v) is 10.2. The first kappa shape index (κ1) is 23.7. The maximum atomic E-state index is 14.5. The van der Waals surface area contributed by atoms with Crippen LogP contribution in [0.1, 0.15) is 42.8 Å². The summed E-state index contributed by atoms with van der Waals surface area (Å²) in [6.07, 6.45) is -6.14. The number of benzene rings is 2. The fourth-order valence-corrected chi connectivity index (χ4v) is 4.58. The number of alkyl halides is 3. The normalized spacial score (nSPS) is 25.1. The van der Waals surface area contributed by atoms with E-state index in [9.17, 15) is 22.0 Å². The Morgan fingerprint density at radius 1 is 1.24 bits per heavy atom. The molecule has 7 nitrogen and oxygen atoms in total. The number of halogens is 5. The number of methoxy groups -OCH3 is 1. The molecule has 12 heteroatoms. The summed E-state index contributed by atoms with van der Waals surface area (Å²) in [5.41, 5.74) is 9.72. The predicted octanol–water partition coefficient (Wildman–Crippen LogP) is 4.53. The Morgan fingerprint density at radius 2 is 1.91 bits per heavy atom. The van der Waals surface area contributed by atoms with Crippen LogP contribution in [0.15, 0.2) is 24.3 Å². The minimum absolute atomic E-state index is 0.00126. The van der Waals surface area contributed by atoms with Gasteiger partial charge in [-0.05, 0) is 25.1 Å². The molecule has 0 unspecified atom stereocenters. The van der Waals surface area contributed by atoms with Crippen molar-refractivity contribution in [1.29, 1.82) is 5.41 Å². The van der Waals surface area contributed by atoms with Gasteiger partial charge in [0.2, 0.25) is 5.82 Å². The Labute approximate surface area is 190 Å². The summed E-state index contributed by atoms with van der Waals surface area (Å²) < 4.78 is 81.4. The van der Waals surface area contributed by atoms with Crippen LogP contribution in [0.2, 0.25) is 0 Å². The zero-order chi connectivity index (χ0) is 25.2. The molecule has 1 aliphatic rings. The van der Waals surface area contributed by atoms with Gasteiger partial charge >= 0.3 is 6.18 Å². The summed E-state index contributed by atoms with van der Waals surface area (Å²) >= 11 is 0. The number of nitrogens with zero attached hydrogens (tertiary/aromatic N) is 1. The summed E-state index contributed by atoms with van der Waals surface area (Å²) in [6.45, 7) is 2.22. The number of aromatic amines is 1. The lowest BCUT2D eigenvalue weighted by atomic mass is 9.77. The van der Waals surface area contributed by atoms with Crippen LogP contribution < -0.4 is 16.2 Å².